The average molecular weight is 347 g/mol. The number of carbonyl (C=O) groups excluding carboxylic acids is 1. The van der Waals surface area contributed by atoms with E-state index < -0.39 is 15.9 Å². The first kappa shape index (κ1) is 17.2. The van der Waals surface area contributed by atoms with Crippen molar-refractivity contribution in [3.8, 4) is 0 Å². The van der Waals surface area contributed by atoms with Crippen LogP contribution < -0.4 is 4.72 Å². The molecule has 2 rings (SSSR count). The number of halogens is 1. The molecule has 0 aliphatic heterocycles. The summed E-state index contributed by atoms with van der Waals surface area (Å²) in [4.78, 5) is 15.5. The zero-order chi connectivity index (χ0) is 16.0. The minimum absolute atomic E-state index is 0.0580. The molecule has 1 aromatic heterocycles. The first-order chi connectivity index (χ1) is 10.4. The van der Waals surface area contributed by atoms with Crippen molar-refractivity contribution in [3.63, 3.8) is 0 Å². The Balaban J connectivity index is 1.80. The van der Waals surface area contributed by atoms with Gasteiger partial charge in [-0.3, -0.25) is 9.52 Å². The molecular weight excluding hydrogens is 328 g/mol. The number of pyridine rings is 1. The van der Waals surface area contributed by atoms with Gasteiger partial charge in [-0.15, -0.1) is 0 Å². The summed E-state index contributed by atoms with van der Waals surface area (Å²) in [6.45, 7) is -0.233. The SMILES string of the molecule is O=C(COC1CCCCC1)NS(=O)(=O)Cc1ccc(Cl)nc1. The molecule has 0 radical (unpaired) electrons. The van der Waals surface area contributed by atoms with Gasteiger partial charge in [-0.05, 0) is 24.5 Å². The van der Waals surface area contributed by atoms with Crippen molar-refractivity contribution in [2.45, 2.75) is 44.0 Å². The predicted molar refractivity (Wildman–Crippen MR) is 82.8 cm³/mol. The van der Waals surface area contributed by atoms with Crippen molar-refractivity contribution in [1.82, 2.24) is 9.71 Å². The Morgan fingerprint density at radius 2 is 2.05 bits per heavy atom. The van der Waals surface area contributed by atoms with E-state index in [0.717, 1.165) is 25.7 Å². The molecule has 1 heterocycles. The number of carbonyl (C=O) groups is 1. The fourth-order valence-corrected chi connectivity index (χ4v) is 3.57. The van der Waals surface area contributed by atoms with Crippen LogP contribution in [0.2, 0.25) is 5.15 Å². The maximum atomic E-state index is 11.9. The van der Waals surface area contributed by atoms with Crippen molar-refractivity contribution in [2.75, 3.05) is 6.61 Å². The van der Waals surface area contributed by atoms with Crippen LogP contribution in [0, 0.1) is 0 Å². The summed E-state index contributed by atoms with van der Waals surface area (Å²) >= 11 is 5.64. The van der Waals surface area contributed by atoms with Crippen LogP contribution in [0.25, 0.3) is 0 Å². The van der Waals surface area contributed by atoms with Gasteiger partial charge in [0.1, 0.15) is 11.8 Å². The monoisotopic (exact) mass is 346 g/mol. The highest BCUT2D eigenvalue weighted by Gasteiger charge is 2.19. The van der Waals surface area contributed by atoms with Crippen LogP contribution in [0.3, 0.4) is 0 Å². The summed E-state index contributed by atoms with van der Waals surface area (Å²) in [7, 11) is -3.76. The number of ether oxygens (including phenoxy) is 1. The standard InChI is InChI=1S/C14H19ClN2O4S/c15-13-7-6-11(8-16-13)10-22(19,20)17-14(18)9-21-12-4-2-1-3-5-12/h6-8,12H,1-5,9-10H2,(H,17,18). The number of nitrogens with zero attached hydrogens (tertiary/aromatic N) is 1. The Kier molecular flexibility index (Phi) is 6.16. The third-order valence-electron chi connectivity index (χ3n) is 3.42. The van der Waals surface area contributed by atoms with Crippen molar-refractivity contribution < 1.29 is 17.9 Å². The lowest BCUT2D eigenvalue weighted by Gasteiger charge is -2.21. The molecule has 6 nitrogen and oxygen atoms in total. The lowest BCUT2D eigenvalue weighted by atomic mass is 9.98. The molecule has 0 bridgehead atoms. The summed E-state index contributed by atoms with van der Waals surface area (Å²) in [6.07, 6.45) is 6.65. The molecule has 1 fully saturated rings. The average Bonchev–Trinajstić information content (AvgIpc) is 2.48. The second-order valence-corrected chi connectivity index (χ2v) is 7.45. The van der Waals surface area contributed by atoms with Gasteiger partial charge in [0.2, 0.25) is 10.0 Å². The lowest BCUT2D eigenvalue weighted by molar-refractivity contribution is -0.126. The van der Waals surface area contributed by atoms with Gasteiger partial charge in [-0.2, -0.15) is 0 Å². The number of hydrogen-bond donors (Lipinski definition) is 1. The predicted octanol–water partition coefficient (Wildman–Crippen LogP) is 2.03. The van der Waals surface area contributed by atoms with Crippen LogP contribution in [0.4, 0.5) is 0 Å². The summed E-state index contributed by atoms with van der Waals surface area (Å²) in [5.41, 5.74) is 0.456. The third-order valence-corrected chi connectivity index (χ3v) is 4.89. The van der Waals surface area contributed by atoms with E-state index in [1.165, 1.54) is 18.7 Å². The van der Waals surface area contributed by atoms with Gasteiger partial charge in [0.05, 0.1) is 11.9 Å². The van der Waals surface area contributed by atoms with E-state index in [2.05, 4.69) is 4.98 Å². The van der Waals surface area contributed by atoms with Crippen LogP contribution in [0.1, 0.15) is 37.7 Å². The van der Waals surface area contributed by atoms with Crippen LogP contribution in [-0.4, -0.2) is 32.0 Å². The largest absolute Gasteiger partial charge is 0.368 e. The smallest absolute Gasteiger partial charge is 0.259 e. The van der Waals surface area contributed by atoms with Crippen molar-refractivity contribution >= 4 is 27.5 Å². The molecule has 1 saturated carbocycles. The number of sulfonamides is 1. The van der Waals surface area contributed by atoms with Gasteiger partial charge in [-0.1, -0.05) is 36.9 Å². The molecule has 1 amide bonds. The Morgan fingerprint density at radius 3 is 2.68 bits per heavy atom. The van der Waals surface area contributed by atoms with E-state index in [1.807, 2.05) is 4.72 Å². The Morgan fingerprint density at radius 1 is 1.32 bits per heavy atom. The summed E-state index contributed by atoms with van der Waals surface area (Å²) in [6, 6.07) is 3.05. The zero-order valence-electron chi connectivity index (χ0n) is 12.1. The molecular formula is C14H19ClN2O4S. The molecule has 0 saturated heterocycles. The number of amides is 1. The van der Waals surface area contributed by atoms with Crippen molar-refractivity contribution in [1.29, 1.82) is 0 Å². The van der Waals surface area contributed by atoms with E-state index in [-0.39, 0.29) is 23.6 Å². The van der Waals surface area contributed by atoms with E-state index in [9.17, 15) is 13.2 Å². The summed E-state index contributed by atoms with van der Waals surface area (Å²) in [5.74, 6) is -0.973. The molecule has 1 N–H and O–H groups in total. The number of hydrogen-bond acceptors (Lipinski definition) is 5. The fourth-order valence-electron chi connectivity index (χ4n) is 2.38. The number of nitrogens with one attached hydrogen (secondary N) is 1. The first-order valence-corrected chi connectivity index (χ1v) is 9.23. The molecule has 1 aliphatic carbocycles. The van der Waals surface area contributed by atoms with E-state index >= 15 is 0 Å². The van der Waals surface area contributed by atoms with Gasteiger partial charge in [0, 0.05) is 6.20 Å². The molecule has 0 unspecified atom stereocenters. The quantitative estimate of drug-likeness (QED) is 0.796. The highest BCUT2D eigenvalue weighted by Crippen LogP contribution is 2.20. The van der Waals surface area contributed by atoms with E-state index in [4.69, 9.17) is 16.3 Å². The number of rotatable bonds is 6. The molecule has 0 atom stereocenters. The van der Waals surface area contributed by atoms with Gasteiger partial charge in [0.15, 0.2) is 0 Å². The molecule has 22 heavy (non-hydrogen) atoms. The molecule has 0 aromatic carbocycles. The zero-order valence-corrected chi connectivity index (χ0v) is 13.7. The minimum atomic E-state index is -3.76. The second-order valence-electron chi connectivity index (χ2n) is 5.34. The van der Waals surface area contributed by atoms with Crippen molar-refractivity contribution in [3.05, 3.63) is 29.0 Å². The highest BCUT2D eigenvalue weighted by atomic mass is 35.5. The highest BCUT2D eigenvalue weighted by molar-refractivity contribution is 7.89. The normalized spacial score (nSPS) is 16.4. The van der Waals surface area contributed by atoms with Gasteiger partial charge in [0.25, 0.3) is 5.91 Å². The van der Waals surface area contributed by atoms with E-state index in [1.54, 1.807) is 6.07 Å². The van der Waals surface area contributed by atoms with E-state index in [0.29, 0.717) is 5.56 Å². The molecule has 122 valence electrons. The minimum Gasteiger partial charge on any atom is -0.368 e. The number of aromatic nitrogens is 1. The molecule has 0 spiro atoms. The Labute approximate surface area is 135 Å². The topological polar surface area (TPSA) is 85.4 Å². The van der Waals surface area contributed by atoms with Crippen LogP contribution in [0.5, 0.6) is 0 Å². The van der Waals surface area contributed by atoms with Gasteiger partial charge < -0.3 is 4.74 Å². The molecule has 1 aromatic rings. The molecule has 1 aliphatic rings. The maximum Gasteiger partial charge on any atom is 0.259 e. The third kappa shape index (κ3) is 5.90. The molecule has 8 heteroatoms. The van der Waals surface area contributed by atoms with Crippen LogP contribution in [-0.2, 0) is 25.3 Å². The second kappa shape index (κ2) is 7.89. The summed E-state index contributed by atoms with van der Waals surface area (Å²) < 4.78 is 31.3. The van der Waals surface area contributed by atoms with Gasteiger partial charge >= 0.3 is 0 Å². The lowest BCUT2D eigenvalue weighted by Crippen LogP contribution is -2.35. The van der Waals surface area contributed by atoms with Crippen molar-refractivity contribution in [2.24, 2.45) is 0 Å². The first-order valence-electron chi connectivity index (χ1n) is 7.20. The Bertz CT molecular complexity index is 598. The van der Waals surface area contributed by atoms with Gasteiger partial charge in [-0.25, -0.2) is 13.4 Å². The van der Waals surface area contributed by atoms with Crippen LogP contribution >= 0.6 is 11.6 Å². The summed E-state index contributed by atoms with van der Waals surface area (Å²) in [5, 5.41) is 0.283. The Hall–Kier alpha value is -1.18. The van der Waals surface area contributed by atoms with Crippen LogP contribution in [0.15, 0.2) is 18.3 Å². The fraction of sp³-hybridized carbons (Fsp3) is 0.571. The maximum absolute atomic E-state index is 11.9.